The highest BCUT2D eigenvalue weighted by Crippen LogP contribution is 2.13. The molecule has 0 radical (unpaired) electrons. The molecule has 0 aliphatic rings. The average Bonchev–Trinajstić information content (AvgIpc) is 2.82. The van der Waals surface area contributed by atoms with Crippen LogP contribution in [-0.2, 0) is 13.2 Å². The van der Waals surface area contributed by atoms with E-state index in [1.807, 2.05) is 36.2 Å². The van der Waals surface area contributed by atoms with Gasteiger partial charge >= 0.3 is 0 Å². The normalized spacial score (nSPS) is 10.4. The van der Waals surface area contributed by atoms with E-state index in [1.165, 1.54) is 0 Å². The van der Waals surface area contributed by atoms with Gasteiger partial charge in [-0.15, -0.1) is 0 Å². The second-order valence-electron chi connectivity index (χ2n) is 3.58. The Balaban J connectivity index is 2.11. The van der Waals surface area contributed by atoms with Crippen LogP contribution in [0.2, 0.25) is 0 Å². The molecule has 0 spiro atoms. The van der Waals surface area contributed by atoms with Crippen molar-refractivity contribution in [2.75, 3.05) is 11.9 Å². The molecule has 1 N–H and O–H groups in total. The van der Waals surface area contributed by atoms with Crippen LogP contribution in [0.4, 0.5) is 5.82 Å². The zero-order valence-electron chi connectivity index (χ0n) is 9.13. The standard InChI is InChI=1S/C12H14N2O2/c1-14(8-11-5-3-7-16-11)12-6-2-4-10(9-15)13-12/h2-7,15H,8-9H2,1H3. The van der Waals surface area contributed by atoms with Crippen LogP contribution >= 0.6 is 0 Å². The first-order valence-electron chi connectivity index (χ1n) is 5.10. The molecule has 4 heteroatoms. The lowest BCUT2D eigenvalue weighted by atomic mass is 10.3. The Morgan fingerprint density at radius 1 is 1.31 bits per heavy atom. The van der Waals surface area contributed by atoms with Gasteiger partial charge in [0, 0.05) is 7.05 Å². The summed E-state index contributed by atoms with van der Waals surface area (Å²) in [6.07, 6.45) is 1.65. The first kappa shape index (κ1) is 10.7. The van der Waals surface area contributed by atoms with E-state index in [0.717, 1.165) is 11.6 Å². The van der Waals surface area contributed by atoms with E-state index in [2.05, 4.69) is 4.98 Å². The van der Waals surface area contributed by atoms with Crippen LogP contribution in [0, 0.1) is 0 Å². The molecule has 0 saturated carbocycles. The Kier molecular flexibility index (Phi) is 3.22. The molecule has 2 heterocycles. The molecule has 2 aromatic rings. The van der Waals surface area contributed by atoms with E-state index in [9.17, 15) is 0 Å². The highest BCUT2D eigenvalue weighted by Gasteiger charge is 2.05. The lowest BCUT2D eigenvalue weighted by molar-refractivity contribution is 0.277. The van der Waals surface area contributed by atoms with Crippen molar-refractivity contribution in [3.05, 3.63) is 48.0 Å². The lowest BCUT2D eigenvalue weighted by Crippen LogP contribution is -2.17. The summed E-state index contributed by atoms with van der Waals surface area (Å²) in [6.45, 7) is 0.622. The molecule has 0 saturated heterocycles. The van der Waals surface area contributed by atoms with Crippen LogP contribution in [0.1, 0.15) is 11.5 Å². The van der Waals surface area contributed by atoms with Crippen molar-refractivity contribution in [2.45, 2.75) is 13.2 Å². The Labute approximate surface area is 94.2 Å². The Morgan fingerprint density at radius 3 is 2.88 bits per heavy atom. The summed E-state index contributed by atoms with van der Waals surface area (Å²) in [5.74, 6) is 1.71. The summed E-state index contributed by atoms with van der Waals surface area (Å²) in [6, 6.07) is 9.37. The van der Waals surface area contributed by atoms with Crippen molar-refractivity contribution in [1.82, 2.24) is 4.98 Å². The number of hydrogen-bond acceptors (Lipinski definition) is 4. The molecule has 0 bridgehead atoms. The minimum Gasteiger partial charge on any atom is -0.467 e. The fourth-order valence-electron chi connectivity index (χ4n) is 1.48. The van der Waals surface area contributed by atoms with E-state index in [1.54, 1.807) is 12.3 Å². The molecule has 0 unspecified atom stereocenters. The van der Waals surface area contributed by atoms with Gasteiger partial charge < -0.3 is 14.4 Å². The van der Waals surface area contributed by atoms with Gasteiger partial charge in [0.1, 0.15) is 11.6 Å². The number of pyridine rings is 1. The quantitative estimate of drug-likeness (QED) is 0.850. The molecule has 2 aromatic heterocycles. The van der Waals surface area contributed by atoms with E-state index >= 15 is 0 Å². The highest BCUT2D eigenvalue weighted by atomic mass is 16.3. The van der Waals surface area contributed by atoms with Crippen LogP contribution in [0.15, 0.2) is 41.0 Å². The van der Waals surface area contributed by atoms with Gasteiger partial charge in [-0.1, -0.05) is 6.07 Å². The maximum absolute atomic E-state index is 9.00. The van der Waals surface area contributed by atoms with Crippen LogP contribution in [0.5, 0.6) is 0 Å². The predicted molar refractivity (Wildman–Crippen MR) is 61.0 cm³/mol. The molecule has 2 rings (SSSR count). The number of aromatic nitrogens is 1. The number of anilines is 1. The van der Waals surface area contributed by atoms with Crippen LogP contribution in [0.3, 0.4) is 0 Å². The second-order valence-corrected chi connectivity index (χ2v) is 3.58. The van der Waals surface area contributed by atoms with Crippen molar-refractivity contribution in [2.24, 2.45) is 0 Å². The largest absolute Gasteiger partial charge is 0.467 e. The van der Waals surface area contributed by atoms with E-state index in [4.69, 9.17) is 9.52 Å². The number of aliphatic hydroxyl groups is 1. The van der Waals surface area contributed by atoms with E-state index in [0.29, 0.717) is 12.2 Å². The zero-order valence-corrected chi connectivity index (χ0v) is 9.13. The summed E-state index contributed by atoms with van der Waals surface area (Å²) in [5, 5.41) is 9.00. The maximum Gasteiger partial charge on any atom is 0.129 e. The van der Waals surface area contributed by atoms with Gasteiger partial charge in [0.15, 0.2) is 0 Å². The topological polar surface area (TPSA) is 49.5 Å². The van der Waals surface area contributed by atoms with Crippen molar-refractivity contribution in [3.63, 3.8) is 0 Å². The Morgan fingerprint density at radius 2 is 2.19 bits per heavy atom. The summed E-state index contributed by atoms with van der Waals surface area (Å²) < 4.78 is 5.26. The summed E-state index contributed by atoms with van der Waals surface area (Å²) in [4.78, 5) is 6.28. The average molecular weight is 218 g/mol. The maximum atomic E-state index is 9.00. The van der Waals surface area contributed by atoms with Gasteiger partial charge in [0.2, 0.25) is 0 Å². The molecule has 0 aliphatic carbocycles. The fourth-order valence-corrected chi connectivity index (χ4v) is 1.48. The summed E-state index contributed by atoms with van der Waals surface area (Å²) in [5.41, 5.74) is 0.670. The van der Waals surface area contributed by atoms with Crippen LogP contribution in [-0.4, -0.2) is 17.1 Å². The summed E-state index contributed by atoms with van der Waals surface area (Å²) >= 11 is 0. The minimum absolute atomic E-state index is 0.0393. The Bertz CT molecular complexity index is 440. The SMILES string of the molecule is CN(Cc1ccco1)c1cccc(CO)n1. The third kappa shape index (κ3) is 2.41. The van der Waals surface area contributed by atoms with E-state index in [-0.39, 0.29) is 6.61 Å². The van der Waals surface area contributed by atoms with Gasteiger partial charge in [-0.05, 0) is 24.3 Å². The van der Waals surface area contributed by atoms with Crippen LogP contribution in [0.25, 0.3) is 0 Å². The molecular formula is C12H14N2O2. The minimum atomic E-state index is -0.0393. The zero-order chi connectivity index (χ0) is 11.4. The van der Waals surface area contributed by atoms with Crippen molar-refractivity contribution in [1.29, 1.82) is 0 Å². The smallest absolute Gasteiger partial charge is 0.129 e. The number of nitrogens with zero attached hydrogens (tertiary/aromatic N) is 2. The molecule has 0 fully saturated rings. The summed E-state index contributed by atoms with van der Waals surface area (Å²) in [7, 11) is 1.94. The molecule has 16 heavy (non-hydrogen) atoms. The lowest BCUT2D eigenvalue weighted by Gasteiger charge is -2.17. The number of hydrogen-bond donors (Lipinski definition) is 1. The van der Waals surface area contributed by atoms with Crippen molar-refractivity contribution < 1.29 is 9.52 Å². The molecule has 84 valence electrons. The highest BCUT2D eigenvalue weighted by molar-refractivity contribution is 5.38. The van der Waals surface area contributed by atoms with Crippen molar-refractivity contribution >= 4 is 5.82 Å². The Hall–Kier alpha value is -1.81. The van der Waals surface area contributed by atoms with Gasteiger partial charge in [0.25, 0.3) is 0 Å². The van der Waals surface area contributed by atoms with Crippen LogP contribution < -0.4 is 4.90 Å². The molecule has 0 amide bonds. The second kappa shape index (κ2) is 4.81. The monoisotopic (exact) mass is 218 g/mol. The number of rotatable bonds is 4. The number of furan rings is 1. The predicted octanol–water partition coefficient (Wildman–Crippen LogP) is 1.80. The third-order valence-electron chi connectivity index (χ3n) is 2.32. The molecule has 0 aromatic carbocycles. The first-order chi connectivity index (χ1) is 7.79. The first-order valence-corrected chi connectivity index (χ1v) is 5.10. The van der Waals surface area contributed by atoms with Crippen molar-refractivity contribution in [3.8, 4) is 0 Å². The third-order valence-corrected chi connectivity index (χ3v) is 2.32. The van der Waals surface area contributed by atoms with Gasteiger partial charge in [0.05, 0.1) is 25.1 Å². The molecular weight excluding hydrogens is 204 g/mol. The van der Waals surface area contributed by atoms with Gasteiger partial charge in [-0.3, -0.25) is 0 Å². The molecule has 0 aliphatic heterocycles. The van der Waals surface area contributed by atoms with Gasteiger partial charge in [-0.25, -0.2) is 4.98 Å². The number of aliphatic hydroxyl groups excluding tert-OH is 1. The molecule has 0 atom stereocenters. The molecule has 4 nitrogen and oxygen atoms in total. The van der Waals surface area contributed by atoms with Gasteiger partial charge in [-0.2, -0.15) is 0 Å². The van der Waals surface area contributed by atoms with E-state index < -0.39 is 0 Å². The fraction of sp³-hybridized carbons (Fsp3) is 0.250.